The summed E-state index contributed by atoms with van der Waals surface area (Å²) < 4.78 is 9.43. The molecule has 0 unspecified atom stereocenters. The molecule has 1 nitrogen and oxygen atoms in total. The van der Waals surface area contributed by atoms with Crippen LogP contribution in [0.3, 0.4) is 0 Å². The van der Waals surface area contributed by atoms with Gasteiger partial charge in [-0.2, -0.15) is 0 Å². The van der Waals surface area contributed by atoms with Crippen LogP contribution in [-0.2, 0) is 6.54 Å². The number of hydrogen-bond acceptors (Lipinski definition) is 2. The number of aryl methyl sites for hydroxylation is 1. The number of aromatic nitrogens is 1. The molecule has 0 radical (unpaired) electrons. The van der Waals surface area contributed by atoms with Crippen molar-refractivity contribution in [2.24, 2.45) is 0 Å². The first kappa shape index (κ1) is 30.3. The van der Waals surface area contributed by atoms with E-state index in [0.29, 0.717) is 0 Å². The minimum absolute atomic E-state index is 1.21. The zero-order chi connectivity index (χ0) is 25.5. The first-order valence-electron chi connectivity index (χ1n) is 14.7. The third-order valence-electron chi connectivity index (χ3n) is 7.43. The van der Waals surface area contributed by atoms with Crippen molar-refractivity contribution in [3.8, 4) is 0 Å². The second-order valence-corrected chi connectivity index (χ2v) is 45.8. The van der Waals surface area contributed by atoms with Gasteiger partial charge in [0, 0.05) is 0 Å². The van der Waals surface area contributed by atoms with E-state index in [1.807, 2.05) is 0 Å². The number of nitrogens with zero attached hydrogens (tertiary/aromatic N) is 1. The van der Waals surface area contributed by atoms with Gasteiger partial charge in [0.1, 0.15) is 0 Å². The Morgan fingerprint density at radius 1 is 0.543 bits per heavy atom. The molecule has 198 valence electrons. The molecule has 0 saturated carbocycles. The first-order valence-corrected chi connectivity index (χ1v) is 36.3. The molecule has 3 aromatic heterocycles. The summed E-state index contributed by atoms with van der Waals surface area (Å²) in [5.74, 6) is 0. The molecule has 5 heteroatoms. The van der Waals surface area contributed by atoms with Gasteiger partial charge in [0.2, 0.25) is 0 Å². The molecule has 3 aromatic rings. The third kappa shape index (κ3) is 8.91. The summed E-state index contributed by atoms with van der Waals surface area (Å²) in [4.78, 5) is 15.4. The molecule has 35 heavy (non-hydrogen) atoms. The summed E-state index contributed by atoms with van der Waals surface area (Å²) in [6, 6.07) is 5.21. The number of fused-ring (bicyclic) bond motifs is 3. The van der Waals surface area contributed by atoms with Gasteiger partial charge in [-0.05, 0) is 0 Å². The van der Waals surface area contributed by atoms with E-state index >= 15 is 0 Å². The Hall–Kier alpha value is 0.797. The van der Waals surface area contributed by atoms with Crippen LogP contribution in [0.1, 0.15) is 96.8 Å². The number of unbranched alkanes of at least 4 members (excludes halogenated alkanes) is 13. The molecule has 3 rings (SSSR count). The van der Waals surface area contributed by atoms with E-state index < -0.39 is 36.8 Å². The van der Waals surface area contributed by atoms with Gasteiger partial charge in [0.25, 0.3) is 0 Å². The zero-order valence-electron chi connectivity index (χ0n) is 24.0. The Bertz CT molecular complexity index is 963. The molecule has 0 aliphatic rings. The van der Waals surface area contributed by atoms with Crippen LogP contribution in [0.15, 0.2) is 12.1 Å². The van der Waals surface area contributed by atoms with E-state index in [1.165, 1.54) is 96.4 Å². The van der Waals surface area contributed by atoms with Crippen LogP contribution >= 0.6 is 22.7 Å². The molecule has 0 atom stereocenters. The van der Waals surface area contributed by atoms with Crippen molar-refractivity contribution in [3.05, 3.63) is 12.1 Å². The summed E-state index contributed by atoms with van der Waals surface area (Å²) in [6.45, 7) is 3.52. The Balaban J connectivity index is 1.47. The molecule has 0 aliphatic heterocycles. The predicted molar refractivity (Wildman–Crippen MR) is 171 cm³/mol. The van der Waals surface area contributed by atoms with Gasteiger partial charge < -0.3 is 0 Å². The van der Waals surface area contributed by atoms with Crippen molar-refractivity contribution in [3.63, 3.8) is 0 Å². The van der Waals surface area contributed by atoms with Crippen LogP contribution in [0.5, 0.6) is 0 Å². The molecular formula is C30H53NS2Sn2. The summed E-state index contributed by atoms with van der Waals surface area (Å²) in [5, 5.41) is 0. The molecule has 0 saturated heterocycles. The molecule has 3 heterocycles. The molecule has 0 N–H and O–H groups in total. The molecule has 0 amide bonds. The quantitative estimate of drug-likeness (QED) is 0.0963. The third-order valence-corrected chi connectivity index (χ3v) is 28.7. The van der Waals surface area contributed by atoms with E-state index in [0.717, 1.165) is 0 Å². The SMILES string of the molecule is CCCCCCCCCCCCCCCCn1c2c[c]([Sn]([CH3])([CH3])[CH3])sc2c2s[c]([Sn]([CH3])([CH3])[CH3])cc21. The molecule has 0 aromatic carbocycles. The van der Waals surface area contributed by atoms with Gasteiger partial charge in [-0.15, -0.1) is 0 Å². The molecule has 0 fully saturated rings. The molecule has 0 spiro atoms. The maximum atomic E-state index is 2.72. The number of rotatable bonds is 17. The van der Waals surface area contributed by atoms with Gasteiger partial charge >= 0.3 is 183 Å². The van der Waals surface area contributed by atoms with E-state index in [4.69, 9.17) is 0 Å². The summed E-state index contributed by atoms with van der Waals surface area (Å²) in [7, 11) is 0. The Morgan fingerprint density at radius 3 is 1.23 bits per heavy atom. The van der Waals surface area contributed by atoms with Crippen LogP contribution in [-0.4, -0.2) is 41.3 Å². The van der Waals surface area contributed by atoms with Crippen molar-refractivity contribution in [1.82, 2.24) is 4.57 Å². The van der Waals surface area contributed by atoms with Crippen molar-refractivity contribution >= 4 is 85.6 Å². The first-order chi connectivity index (χ1) is 16.6. The monoisotopic (exact) mass is 731 g/mol. The topological polar surface area (TPSA) is 4.93 Å². The maximum absolute atomic E-state index is 2.72. The summed E-state index contributed by atoms with van der Waals surface area (Å²) in [6.07, 6.45) is 20.1. The average molecular weight is 729 g/mol. The Labute approximate surface area is 233 Å². The summed E-state index contributed by atoms with van der Waals surface area (Å²) >= 11 is 0.211. The Morgan fingerprint density at radius 2 is 0.886 bits per heavy atom. The van der Waals surface area contributed by atoms with Gasteiger partial charge in [0.05, 0.1) is 0 Å². The molecular weight excluding hydrogens is 676 g/mol. The van der Waals surface area contributed by atoms with Crippen molar-refractivity contribution in [1.29, 1.82) is 0 Å². The van der Waals surface area contributed by atoms with Crippen LogP contribution in [0.2, 0.25) is 29.6 Å². The van der Waals surface area contributed by atoms with Gasteiger partial charge in [-0.25, -0.2) is 0 Å². The van der Waals surface area contributed by atoms with Crippen molar-refractivity contribution in [2.75, 3.05) is 0 Å². The normalized spacial score (nSPS) is 13.0. The zero-order valence-corrected chi connectivity index (χ0v) is 31.4. The van der Waals surface area contributed by atoms with Gasteiger partial charge in [-0.3, -0.25) is 0 Å². The van der Waals surface area contributed by atoms with Gasteiger partial charge in [-0.1, -0.05) is 51.9 Å². The minimum atomic E-state index is -2.04. The molecule has 0 aliphatic carbocycles. The van der Waals surface area contributed by atoms with E-state index in [1.54, 1.807) is 26.2 Å². The predicted octanol–water partition coefficient (Wildman–Crippen LogP) is 10.5. The van der Waals surface area contributed by atoms with E-state index in [-0.39, 0.29) is 0 Å². The fourth-order valence-corrected chi connectivity index (χ4v) is 17.9. The van der Waals surface area contributed by atoms with Crippen molar-refractivity contribution < 1.29 is 0 Å². The van der Waals surface area contributed by atoms with Crippen LogP contribution in [0.4, 0.5) is 0 Å². The molecule has 0 bridgehead atoms. The van der Waals surface area contributed by atoms with Gasteiger partial charge in [0.15, 0.2) is 0 Å². The standard InChI is InChI=1S/C24H35NS2.6CH3.2Sn/c1-2-3-4-5-6-7-8-9-10-11-12-13-14-15-18-25-21-16-19-26-23(21)24-22(25)17-20-27-24;;;;;;;;/h16-17H,2-15,18H2,1H3;6*1H3;;. The van der Waals surface area contributed by atoms with Crippen LogP contribution < -0.4 is 5.79 Å². The van der Waals surface area contributed by atoms with E-state index in [9.17, 15) is 0 Å². The van der Waals surface area contributed by atoms with Crippen LogP contribution in [0.25, 0.3) is 20.4 Å². The average Bonchev–Trinajstić information content (AvgIpc) is 3.45. The Kier molecular flexibility index (Phi) is 12.4. The van der Waals surface area contributed by atoms with E-state index in [2.05, 4.69) is 75.9 Å². The second kappa shape index (κ2) is 14.3. The fraction of sp³-hybridized carbons (Fsp3) is 0.733. The van der Waals surface area contributed by atoms with Crippen LogP contribution in [0, 0.1) is 0 Å². The fourth-order valence-electron chi connectivity index (χ4n) is 5.06. The summed E-state index contributed by atoms with van der Waals surface area (Å²) in [5.41, 5.74) is 3.12. The number of thiophene rings is 2. The number of hydrogen-bond donors (Lipinski definition) is 0. The second-order valence-electron chi connectivity index (χ2n) is 12.9. The van der Waals surface area contributed by atoms with Crippen molar-refractivity contribution in [2.45, 2.75) is 133 Å².